The molecule has 0 bridgehead atoms. The Morgan fingerprint density at radius 1 is 1.50 bits per heavy atom. The van der Waals surface area contributed by atoms with Crippen molar-refractivity contribution in [3.05, 3.63) is 42.2 Å². The average Bonchev–Trinajstić information content (AvgIpc) is 2.90. The van der Waals surface area contributed by atoms with Gasteiger partial charge in [0.05, 0.1) is 19.4 Å². The van der Waals surface area contributed by atoms with Crippen LogP contribution in [-0.2, 0) is 6.54 Å². The molecule has 2 rings (SSSR count). The van der Waals surface area contributed by atoms with Gasteiger partial charge in [-0.1, -0.05) is 0 Å². The SMILES string of the molecule is CCOc1cc(C(=O)NCc2ccco2)ncn1. The van der Waals surface area contributed by atoms with E-state index in [1.807, 2.05) is 6.92 Å². The third kappa shape index (κ3) is 3.07. The lowest BCUT2D eigenvalue weighted by molar-refractivity contribution is 0.0942. The lowest BCUT2D eigenvalue weighted by Crippen LogP contribution is -2.23. The topological polar surface area (TPSA) is 77.2 Å². The summed E-state index contributed by atoms with van der Waals surface area (Å²) in [5, 5.41) is 2.69. The number of amides is 1. The van der Waals surface area contributed by atoms with E-state index in [2.05, 4.69) is 15.3 Å². The van der Waals surface area contributed by atoms with Crippen molar-refractivity contribution in [1.29, 1.82) is 0 Å². The number of furan rings is 1. The predicted molar refractivity (Wildman–Crippen MR) is 63.1 cm³/mol. The van der Waals surface area contributed by atoms with E-state index in [1.54, 1.807) is 18.4 Å². The summed E-state index contributed by atoms with van der Waals surface area (Å²) in [4.78, 5) is 19.6. The molecule has 6 heteroatoms. The maximum Gasteiger partial charge on any atom is 0.270 e. The van der Waals surface area contributed by atoms with Crippen molar-refractivity contribution < 1.29 is 13.9 Å². The van der Waals surface area contributed by atoms with Crippen molar-refractivity contribution in [2.75, 3.05) is 6.61 Å². The molecule has 0 saturated carbocycles. The lowest BCUT2D eigenvalue weighted by atomic mass is 10.3. The molecule has 0 radical (unpaired) electrons. The number of rotatable bonds is 5. The highest BCUT2D eigenvalue weighted by atomic mass is 16.5. The number of hydrogen-bond donors (Lipinski definition) is 1. The maximum atomic E-state index is 11.8. The van der Waals surface area contributed by atoms with Crippen molar-refractivity contribution >= 4 is 5.91 Å². The second kappa shape index (κ2) is 5.81. The van der Waals surface area contributed by atoms with Gasteiger partial charge in [0.15, 0.2) is 0 Å². The zero-order valence-electron chi connectivity index (χ0n) is 9.92. The summed E-state index contributed by atoms with van der Waals surface area (Å²) in [5.74, 6) is 0.771. The molecule has 0 aliphatic heterocycles. The molecule has 0 spiro atoms. The second-order valence-corrected chi connectivity index (χ2v) is 3.44. The Bertz CT molecular complexity index is 511. The Hall–Kier alpha value is -2.37. The van der Waals surface area contributed by atoms with E-state index < -0.39 is 0 Å². The van der Waals surface area contributed by atoms with Crippen molar-refractivity contribution in [2.45, 2.75) is 13.5 Å². The van der Waals surface area contributed by atoms with Crippen LogP contribution in [0, 0.1) is 0 Å². The van der Waals surface area contributed by atoms with Gasteiger partial charge in [0, 0.05) is 6.07 Å². The Kier molecular flexibility index (Phi) is 3.90. The number of hydrogen-bond acceptors (Lipinski definition) is 5. The molecule has 2 heterocycles. The van der Waals surface area contributed by atoms with E-state index in [0.717, 1.165) is 0 Å². The third-order valence-corrected chi connectivity index (χ3v) is 2.17. The Morgan fingerprint density at radius 3 is 3.11 bits per heavy atom. The summed E-state index contributed by atoms with van der Waals surface area (Å²) >= 11 is 0. The van der Waals surface area contributed by atoms with Crippen LogP contribution in [0.15, 0.2) is 35.2 Å². The van der Waals surface area contributed by atoms with E-state index >= 15 is 0 Å². The molecule has 2 aromatic rings. The molecule has 1 N–H and O–H groups in total. The Morgan fingerprint density at radius 2 is 2.39 bits per heavy atom. The molecule has 0 aliphatic rings. The van der Waals surface area contributed by atoms with E-state index in [0.29, 0.717) is 24.8 Å². The van der Waals surface area contributed by atoms with Crippen molar-refractivity contribution in [3.8, 4) is 5.88 Å². The van der Waals surface area contributed by atoms with Crippen LogP contribution in [0.3, 0.4) is 0 Å². The minimum Gasteiger partial charge on any atom is -0.478 e. The molecule has 1 amide bonds. The van der Waals surface area contributed by atoms with Gasteiger partial charge in [-0.05, 0) is 19.1 Å². The summed E-state index contributed by atoms with van der Waals surface area (Å²) in [6.07, 6.45) is 2.85. The summed E-state index contributed by atoms with van der Waals surface area (Å²) in [5.41, 5.74) is 0.264. The molecule has 6 nitrogen and oxygen atoms in total. The van der Waals surface area contributed by atoms with Gasteiger partial charge >= 0.3 is 0 Å². The largest absolute Gasteiger partial charge is 0.478 e. The fourth-order valence-electron chi connectivity index (χ4n) is 1.36. The highest BCUT2D eigenvalue weighted by Gasteiger charge is 2.09. The van der Waals surface area contributed by atoms with Crippen LogP contribution in [0.4, 0.5) is 0 Å². The zero-order chi connectivity index (χ0) is 12.8. The van der Waals surface area contributed by atoms with E-state index in [1.165, 1.54) is 12.4 Å². The van der Waals surface area contributed by atoms with Crippen LogP contribution >= 0.6 is 0 Å². The number of ether oxygens (including phenoxy) is 1. The first kappa shape index (κ1) is 12.1. The molecule has 0 unspecified atom stereocenters. The Labute approximate surface area is 104 Å². The van der Waals surface area contributed by atoms with Gasteiger partial charge in [-0.2, -0.15) is 0 Å². The summed E-state index contributed by atoms with van der Waals surface area (Å²) < 4.78 is 10.3. The highest BCUT2D eigenvalue weighted by molar-refractivity contribution is 5.92. The number of carbonyl (C=O) groups excluding carboxylic acids is 1. The molecular weight excluding hydrogens is 234 g/mol. The van der Waals surface area contributed by atoms with E-state index in [-0.39, 0.29) is 11.6 Å². The van der Waals surface area contributed by atoms with Gasteiger partial charge in [0.25, 0.3) is 5.91 Å². The van der Waals surface area contributed by atoms with Gasteiger partial charge in [0.1, 0.15) is 17.8 Å². The van der Waals surface area contributed by atoms with Crippen molar-refractivity contribution in [1.82, 2.24) is 15.3 Å². The van der Waals surface area contributed by atoms with Crippen LogP contribution < -0.4 is 10.1 Å². The van der Waals surface area contributed by atoms with E-state index in [9.17, 15) is 4.79 Å². The first-order valence-electron chi connectivity index (χ1n) is 5.55. The first-order chi connectivity index (χ1) is 8.79. The van der Waals surface area contributed by atoms with Gasteiger partial charge in [-0.3, -0.25) is 4.79 Å². The monoisotopic (exact) mass is 247 g/mol. The first-order valence-corrected chi connectivity index (χ1v) is 5.55. The number of aromatic nitrogens is 2. The van der Waals surface area contributed by atoms with Crippen molar-refractivity contribution in [2.24, 2.45) is 0 Å². The average molecular weight is 247 g/mol. The highest BCUT2D eigenvalue weighted by Crippen LogP contribution is 2.07. The molecule has 94 valence electrons. The smallest absolute Gasteiger partial charge is 0.270 e. The molecular formula is C12H13N3O3. The predicted octanol–water partition coefficient (Wildman–Crippen LogP) is 1.40. The number of nitrogens with zero attached hydrogens (tertiary/aromatic N) is 2. The van der Waals surface area contributed by atoms with Crippen LogP contribution in [0.5, 0.6) is 5.88 Å². The summed E-state index contributed by atoms with van der Waals surface area (Å²) in [7, 11) is 0. The minimum atomic E-state index is -0.297. The lowest BCUT2D eigenvalue weighted by Gasteiger charge is -2.04. The molecule has 0 fully saturated rings. The molecule has 2 aromatic heterocycles. The van der Waals surface area contributed by atoms with Crippen LogP contribution in [0.2, 0.25) is 0 Å². The van der Waals surface area contributed by atoms with Gasteiger partial charge < -0.3 is 14.5 Å². The second-order valence-electron chi connectivity index (χ2n) is 3.44. The fraction of sp³-hybridized carbons (Fsp3) is 0.250. The quantitative estimate of drug-likeness (QED) is 0.864. The normalized spacial score (nSPS) is 10.1. The van der Waals surface area contributed by atoms with Crippen LogP contribution in [-0.4, -0.2) is 22.5 Å². The number of carbonyl (C=O) groups is 1. The number of nitrogens with one attached hydrogen (secondary N) is 1. The molecule has 0 atom stereocenters. The fourth-order valence-corrected chi connectivity index (χ4v) is 1.36. The van der Waals surface area contributed by atoms with Gasteiger partial charge in [0.2, 0.25) is 5.88 Å². The van der Waals surface area contributed by atoms with Crippen molar-refractivity contribution in [3.63, 3.8) is 0 Å². The van der Waals surface area contributed by atoms with Crippen LogP contribution in [0.25, 0.3) is 0 Å². The maximum absolute atomic E-state index is 11.8. The van der Waals surface area contributed by atoms with Gasteiger partial charge in [-0.25, -0.2) is 9.97 Å². The van der Waals surface area contributed by atoms with E-state index in [4.69, 9.17) is 9.15 Å². The molecule has 0 aromatic carbocycles. The van der Waals surface area contributed by atoms with Gasteiger partial charge in [-0.15, -0.1) is 0 Å². The molecule has 0 saturated heterocycles. The summed E-state index contributed by atoms with van der Waals surface area (Å²) in [6.45, 7) is 2.66. The standard InChI is InChI=1S/C12H13N3O3/c1-2-17-11-6-10(14-8-15-11)12(16)13-7-9-4-3-5-18-9/h3-6,8H,2,7H2,1H3,(H,13,16). The summed E-state index contributed by atoms with van der Waals surface area (Å²) in [6, 6.07) is 5.05. The zero-order valence-corrected chi connectivity index (χ0v) is 9.92. The molecule has 0 aliphatic carbocycles. The minimum absolute atomic E-state index is 0.264. The third-order valence-electron chi connectivity index (χ3n) is 2.17. The Balaban J connectivity index is 1.97. The molecule has 18 heavy (non-hydrogen) atoms. The van der Waals surface area contributed by atoms with Crippen LogP contribution in [0.1, 0.15) is 23.2 Å².